The molecule has 2 aromatic rings. The van der Waals surface area contributed by atoms with Crippen molar-refractivity contribution in [1.82, 2.24) is 10.2 Å². The van der Waals surface area contributed by atoms with Crippen LogP contribution in [0.25, 0.3) is 0 Å². The SMILES string of the molecule is CC(O[Si](C)(C)C(C)(C)C)[C@H]1C(=O)N2C(C(=O)OCc3ccc([N+](=O)[O-])cc3)=C(SCCNCc3ccc([N+](=O)[O-])cc3)[C@H](C)[C@H]12. The summed E-state index contributed by atoms with van der Waals surface area (Å²) in [7, 11) is -2.16. The van der Waals surface area contributed by atoms with Crippen molar-refractivity contribution >= 4 is 43.3 Å². The summed E-state index contributed by atoms with van der Waals surface area (Å²) in [5.74, 6) is -0.660. The van der Waals surface area contributed by atoms with Crippen molar-refractivity contribution < 1.29 is 28.6 Å². The minimum Gasteiger partial charge on any atom is -0.456 e. The number of carbonyl (C=O) groups is 2. The summed E-state index contributed by atoms with van der Waals surface area (Å²) in [6, 6.07) is 11.9. The first-order valence-electron chi connectivity index (χ1n) is 15.3. The lowest BCUT2D eigenvalue weighted by Crippen LogP contribution is -2.65. The molecular weight excluding hydrogens is 629 g/mol. The van der Waals surface area contributed by atoms with Gasteiger partial charge >= 0.3 is 5.97 Å². The largest absolute Gasteiger partial charge is 0.456 e. The molecule has 0 spiro atoms. The Bertz CT molecular complexity index is 1510. The Morgan fingerprint density at radius 2 is 1.57 bits per heavy atom. The van der Waals surface area contributed by atoms with Crippen molar-refractivity contribution in [3.05, 3.63) is 90.5 Å². The third kappa shape index (κ3) is 7.51. The third-order valence-electron chi connectivity index (χ3n) is 9.10. The molecule has 248 valence electrons. The zero-order chi connectivity index (χ0) is 34.0. The number of non-ortho nitro benzene ring substituents is 2. The van der Waals surface area contributed by atoms with E-state index >= 15 is 0 Å². The number of nitro groups is 2. The van der Waals surface area contributed by atoms with E-state index in [1.54, 1.807) is 17.0 Å². The standard InChI is InChI=1S/C32H42N4O8SSi/c1-20-27-26(21(2)44-46(6,7)32(3,4)5)30(37)34(27)28(31(38)43-19-23-10-14-25(15-11-23)36(41)42)29(20)45-17-16-33-18-22-8-12-24(13-9-22)35(39)40/h8-15,20-21,26-27,33H,16-19H2,1-7H3/t20-,21?,26-,27-/m1/s1. The van der Waals surface area contributed by atoms with Crippen molar-refractivity contribution in [2.45, 2.75) is 78.0 Å². The van der Waals surface area contributed by atoms with Gasteiger partial charge in [-0.3, -0.25) is 25.0 Å². The summed E-state index contributed by atoms with van der Waals surface area (Å²) >= 11 is 1.50. The fourth-order valence-electron chi connectivity index (χ4n) is 5.54. The summed E-state index contributed by atoms with van der Waals surface area (Å²) in [5, 5.41) is 25.2. The first kappa shape index (κ1) is 35.3. The average Bonchev–Trinajstić information content (AvgIpc) is 3.22. The lowest BCUT2D eigenvalue weighted by molar-refractivity contribution is -0.385. The van der Waals surface area contributed by atoms with E-state index in [4.69, 9.17) is 9.16 Å². The fraction of sp³-hybridized carbons (Fsp3) is 0.500. The van der Waals surface area contributed by atoms with Crippen molar-refractivity contribution in [2.24, 2.45) is 11.8 Å². The van der Waals surface area contributed by atoms with Gasteiger partial charge in [0.15, 0.2) is 8.32 Å². The second-order valence-corrected chi connectivity index (χ2v) is 19.2. The van der Waals surface area contributed by atoms with Gasteiger partial charge in [0, 0.05) is 53.9 Å². The molecule has 0 bridgehead atoms. The lowest BCUT2D eigenvalue weighted by atomic mass is 9.79. The molecule has 1 saturated heterocycles. The van der Waals surface area contributed by atoms with Gasteiger partial charge in [0.05, 0.1) is 27.9 Å². The van der Waals surface area contributed by atoms with Crippen LogP contribution in [0, 0.1) is 32.1 Å². The lowest BCUT2D eigenvalue weighted by Gasteiger charge is -2.50. The maximum absolute atomic E-state index is 13.7. The fourth-order valence-corrected chi connectivity index (χ4v) is 8.16. The molecular formula is C32H42N4O8SSi. The minimum absolute atomic E-state index is 0.0252. The van der Waals surface area contributed by atoms with E-state index in [-0.39, 0.29) is 58.6 Å². The normalized spacial score (nSPS) is 20.3. The van der Waals surface area contributed by atoms with Crippen LogP contribution in [-0.2, 0) is 31.9 Å². The number of benzene rings is 2. The number of nitro benzene ring substituents is 2. The highest BCUT2D eigenvalue weighted by Crippen LogP contribution is 2.52. The van der Waals surface area contributed by atoms with Crippen LogP contribution < -0.4 is 5.32 Å². The molecule has 1 fully saturated rings. The summed E-state index contributed by atoms with van der Waals surface area (Å²) in [4.78, 5) is 50.6. The third-order valence-corrected chi connectivity index (χ3v) is 15.0. The van der Waals surface area contributed by atoms with Gasteiger partial charge in [-0.25, -0.2) is 4.79 Å². The summed E-state index contributed by atoms with van der Waals surface area (Å²) in [5.41, 5.74) is 1.73. The number of hydrogen-bond acceptors (Lipinski definition) is 10. The summed E-state index contributed by atoms with van der Waals surface area (Å²) in [6.45, 7) is 15.8. The summed E-state index contributed by atoms with van der Waals surface area (Å²) < 4.78 is 12.3. The monoisotopic (exact) mass is 670 g/mol. The maximum atomic E-state index is 13.7. The van der Waals surface area contributed by atoms with Crippen molar-refractivity contribution in [3.63, 3.8) is 0 Å². The van der Waals surface area contributed by atoms with Crippen LogP contribution in [0.5, 0.6) is 0 Å². The molecule has 2 aliphatic rings. The van der Waals surface area contributed by atoms with Gasteiger partial charge in [0.2, 0.25) is 5.91 Å². The van der Waals surface area contributed by atoms with Crippen LogP contribution in [0.2, 0.25) is 18.1 Å². The van der Waals surface area contributed by atoms with Crippen molar-refractivity contribution in [1.29, 1.82) is 0 Å². The van der Waals surface area contributed by atoms with E-state index in [1.807, 2.05) is 13.8 Å². The molecule has 2 aliphatic heterocycles. The first-order valence-corrected chi connectivity index (χ1v) is 19.1. The Morgan fingerprint density at radius 1 is 1.02 bits per heavy atom. The van der Waals surface area contributed by atoms with Crippen LogP contribution >= 0.6 is 11.8 Å². The van der Waals surface area contributed by atoms with Gasteiger partial charge in [0.1, 0.15) is 12.3 Å². The van der Waals surface area contributed by atoms with Crippen molar-refractivity contribution in [2.75, 3.05) is 12.3 Å². The number of nitrogens with zero attached hydrogens (tertiary/aromatic N) is 3. The van der Waals surface area contributed by atoms with Crippen LogP contribution in [0.3, 0.4) is 0 Å². The Labute approximate surface area is 274 Å². The molecule has 4 rings (SSSR count). The zero-order valence-corrected chi connectivity index (χ0v) is 29.1. The second-order valence-electron chi connectivity index (χ2n) is 13.3. The predicted octanol–water partition coefficient (Wildman–Crippen LogP) is 6.17. The van der Waals surface area contributed by atoms with Gasteiger partial charge in [0.25, 0.3) is 11.4 Å². The van der Waals surface area contributed by atoms with Crippen LogP contribution in [0.1, 0.15) is 45.7 Å². The molecule has 0 aromatic heterocycles. The molecule has 1 N–H and O–H groups in total. The van der Waals surface area contributed by atoms with E-state index in [1.165, 1.54) is 48.2 Å². The predicted molar refractivity (Wildman–Crippen MR) is 178 cm³/mol. The average molecular weight is 671 g/mol. The number of ether oxygens (including phenoxy) is 1. The topological polar surface area (TPSA) is 154 Å². The molecule has 12 nitrogen and oxygen atoms in total. The molecule has 46 heavy (non-hydrogen) atoms. The van der Waals surface area contributed by atoms with Crippen LogP contribution in [0.4, 0.5) is 11.4 Å². The number of rotatable bonds is 14. The molecule has 4 atom stereocenters. The molecule has 0 radical (unpaired) electrons. The Balaban J connectivity index is 1.47. The molecule has 1 amide bonds. The smallest absolute Gasteiger partial charge is 0.356 e. The Morgan fingerprint density at radius 3 is 2.09 bits per heavy atom. The Kier molecular flexibility index (Phi) is 10.8. The molecule has 1 unspecified atom stereocenters. The van der Waals surface area contributed by atoms with Gasteiger partial charge in [-0.05, 0) is 48.3 Å². The number of fused-ring (bicyclic) bond motifs is 1. The van der Waals surface area contributed by atoms with E-state index in [0.717, 1.165) is 10.5 Å². The van der Waals surface area contributed by atoms with Crippen molar-refractivity contribution in [3.8, 4) is 0 Å². The van der Waals surface area contributed by atoms with Gasteiger partial charge in [-0.2, -0.15) is 0 Å². The number of β-lactam (4-membered cyclic amide) rings is 1. The van der Waals surface area contributed by atoms with E-state index < -0.39 is 24.1 Å². The highest BCUT2D eigenvalue weighted by Gasteiger charge is 2.61. The van der Waals surface area contributed by atoms with Gasteiger partial charge in [-0.1, -0.05) is 39.8 Å². The molecule has 14 heteroatoms. The number of thioether (sulfide) groups is 1. The van der Waals surface area contributed by atoms with E-state index in [9.17, 15) is 29.8 Å². The quantitative estimate of drug-likeness (QED) is 0.0616. The van der Waals surface area contributed by atoms with E-state index in [0.29, 0.717) is 24.4 Å². The number of hydrogen-bond donors (Lipinski definition) is 1. The Hall–Kier alpha value is -3.59. The van der Waals surface area contributed by atoms with Crippen LogP contribution in [0.15, 0.2) is 59.1 Å². The maximum Gasteiger partial charge on any atom is 0.356 e. The van der Waals surface area contributed by atoms with Gasteiger partial charge in [-0.15, -0.1) is 11.8 Å². The molecule has 0 saturated carbocycles. The first-order chi connectivity index (χ1) is 21.5. The zero-order valence-electron chi connectivity index (χ0n) is 27.3. The van der Waals surface area contributed by atoms with Gasteiger partial charge < -0.3 is 19.4 Å². The number of carbonyl (C=O) groups excluding carboxylic acids is 2. The van der Waals surface area contributed by atoms with E-state index in [2.05, 4.69) is 39.2 Å². The van der Waals surface area contributed by atoms with Crippen LogP contribution in [-0.4, -0.2) is 59.4 Å². The summed E-state index contributed by atoms with van der Waals surface area (Å²) in [6.07, 6.45) is -0.317. The number of nitrogens with one attached hydrogen (secondary N) is 1. The number of amides is 1. The minimum atomic E-state index is -2.16. The second kappa shape index (κ2) is 14.0. The molecule has 0 aliphatic carbocycles. The molecule has 2 aromatic carbocycles. The molecule has 2 heterocycles. The number of esters is 1. The highest BCUT2D eigenvalue weighted by atomic mass is 32.2. The highest BCUT2D eigenvalue weighted by molar-refractivity contribution is 8.03.